The summed E-state index contributed by atoms with van der Waals surface area (Å²) in [5, 5.41) is 17.0. The van der Waals surface area contributed by atoms with Crippen LogP contribution in [0.4, 0.5) is 10.1 Å². The van der Waals surface area contributed by atoms with E-state index in [1.807, 2.05) is 48.5 Å². The van der Waals surface area contributed by atoms with Gasteiger partial charge in [-0.15, -0.1) is 11.3 Å². The molecule has 8 nitrogen and oxygen atoms in total. The molecule has 0 atom stereocenters. The van der Waals surface area contributed by atoms with E-state index in [-0.39, 0.29) is 16.3 Å². The fourth-order valence-corrected chi connectivity index (χ4v) is 6.28. The number of rotatable bonds is 6. The number of carbonyl (C=O) groups excluding carboxylic acids is 1. The van der Waals surface area contributed by atoms with Gasteiger partial charge in [-0.1, -0.05) is 54.6 Å². The number of aromatic hydroxyl groups is 1. The van der Waals surface area contributed by atoms with E-state index in [0.717, 1.165) is 27.7 Å². The molecule has 3 aromatic heterocycles. The second-order valence-electron chi connectivity index (χ2n) is 9.78. The van der Waals surface area contributed by atoms with Gasteiger partial charge in [-0.25, -0.2) is 9.37 Å². The number of methoxy groups -OCH3 is 1. The van der Waals surface area contributed by atoms with Crippen molar-refractivity contribution in [3.63, 3.8) is 0 Å². The van der Waals surface area contributed by atoms with Crippen LogP contribution in [0.3, 0.4) is 0 Å². The molecule has 7 rings (SSSR count). The molecule has 43 heavy (non-hydrogen) atoms. The number of benzene rings is 4. The van der Waals surface area contributed by atoms with E-state index in [1.165, 1.54) is 16.8 Å². The number of nitrogens with two attached hydrogens (primary N) is 1. The molecule has 0 spiro atoms. The monoisotopic (exact) mass is 589 g/mol. The molecule has 0 radical (unpaired) electrons. The van der Waals surface area contributed by atoms with E-state index in [2.05, 4.69) is 5.27 Å². The molecule has 0 bridgehead atoms. The number of thiophene rings is 1. The number of aromatic nitrogens is 3. The summed E-state index contributed by atoms with van der Waals surface area (Å²) in [6.45, 7) is 0. The second-order valence-corrected chi connectivity index (χ2v) is 10.8. The zero-order valence-corrected chi connectivity index (χ0v) is 23.4. The van der Waals surface area contributed by atoms with E-state index >= 15 is 0 Å². The zero-order valence-electron chi connectivity index (χ0n) is 22.6. The van der Waals surface area contributed by atoms with Gasteiger partial charge in [0, 0.05) is 27.8 Å². The maximum Gasteiger partial charge on any atom is 0.393 e. The predicted molar refractivity (Wildman–Crippen MR) is 162 cm³/mol. The lowest BCUT2D eigenvalue weighted by atomic mass is 9.97. The highest BCUT2D eigenvalue weighted by Crippen LogP contribution is 2.43. The summed E-state index contributed by atoms with van der Waals surface area (Å²) >= 11 is 1.08. The Morgan fingerprint density at radius 1 is 0.977 bits per heavy atom. The standard InChI is InChI=1S/C33H21FN4O4S/c1-41-22-14-12-21(13-15-22)38-29(33(40)42-37-38)30(39)31-28(35)27-25(19-8-4-9-20(34)16-19)17-26(36-32(27)43-31)24-11-5-7-18-6-2-3-10-23(18)24/h2-17H,1H3,(H2-,35,37,39,40)/p+1. The van der Waals surface area contributed by atoms with Gasteiger partial charge in [-0.05, 0) is 52.2 Å². The molecule has 10 heteroatoms. The summed E-state index contributed by atoms with van der Waals surface area (Å²) in [6.07, 6.45) is 0. The van der Waals surface area contributed by atoms with Gasteiger partial charge in [0.1, 0.15) is 21.3 Å². The number of carbonyl (C=O) groups is 1. The summed E-state index contributed by atoms with van der Waals surface area (Å²) in [5.41, 5.74) is 9.82. The van der Waals surface area contributed by atoms with Crippen LogP contribution < -0.4 is 15.2 Å². The third-order valence-corrected chi connectivity index (χ3v) is 8.36. The van der Waals surface area contributed by atoms with Gasteiger partial charge in [0.2, 0.25) is 11.0 Å². The molecule has 3 N–H and O–H groups in total. The first-order chi connectivity index (χ1) is 20.9. The molecule has 0 unspecified atom stereocenters. The number of nitrogens with zero attached hydrogens (tertiary/aromatic N) is 3. The minimum absolute atomic E-state index is 0.135. The van der Waals surface area contributed by atoms with Gasteiger partial charge < -0.3 is 15.6 Å². The first-order valence-electron chi connectivity index (χ1n) is 13.2. The van der Waals surface area contributed by atoms with Crippen LogP contribution in [-0.2, 0) is 0 Å². The molecule has 0 saturated heterocycles. The van der Waals surface area contributed by atoms with Gasteiger partial charge in [-0.3, -0.25) is 9.32 Å². The Balaban J connectivity index is 1.44. The van der Waals surface area contributed by atoms with Crippen molar-refractivity contribution in [2.45, 2.75) is 0 Å². The van der Waals surface area contributed by atoms with Crippen molar-refractivity contribution < 1.29 is 28.2 Å². The van der Waals surface area contributed by atoms with E-state index in [9.17, 15) is 14.3 Å². The highest BCUT2D eigenvalue weighted by molar-refractivity contribution is 7.21. The Hall–Kier alpha value is -5.61. The Labute approximate surface area is 248 Å². The Morgan fingerprint density at radius 3 is 2.53 bits per heavy atom. The number of anilines is 1. The average molecular weight is 590 g/mol. The normalized spacial score (nSPS) is 11.3. The molecule has 0 aliphatic heterocycles. The molecule has 0 amide bonds. The van der Waals surface area contributed by atoms with Gasteiger partial charge in [0.25, 0.3) is 5.78 Å². The fraction of sp³-hybridized carbons (Fsp3) is 0.0303. The molecule has 0 fully saturated rings. The summed E-state index contributed by atoms with van der Waals surface area (Å²) in [6, 6.07) is 28.7. The van der Waals surface area contributed by atoms with Crippen molar-refractivity contribution in [1.29, 1.82) is 0 Å². The first-order valence-corrected chi connectivity index (χ1v) is 14.0. The number of fused-ring (bicyclic) bond motifs is 2. The van der Waals surface area contributed by atoms with Crippen LogP contribution >= 0.6 is 11.3 Å². The second kappa shape index (κ2) is 10.3. The van der Waals surface area contributed by atoms with Crippen LogP contribution in [0.1, 0.15) is 15.4 Å². The predicted octanol–water partition coefficient (Wildman–Crippen LogP) is 6.71. The Morgan fingerprint density at radius 2 is 1.74 bits per heavy atom. The number of nitrogen functional groups attached to an aromatic ring is 1. The zero-order chi connectivity index (χ0) is 29.7. The van der Waals surface area contributed by atoms with Crippen LogP contribution in [0.5, 0.6) is 11.7 Å². The lowest BCUT2D eigenvalue weighted by Crippen LogP contribution is -2.38. The largest absolute Gasteiger partial charge is 0.497 e. The van der Waals surface area contributed by atoms with Crippen molar-refractivity contribution in [1.82, 2.24) is 10.3 Å². The molecule has 7 aromatic rings. The summed E-state index contributed by atoms with van der Waals surface area (Å²) < 4.78 is 25.9. The van der Waals surface area contributed by atoms with E-state index in [0.29, 0.717) is 38.5 Å². The summed E-state index contributed by atoms with van der Waals surface area (Å²) in [7, 11) is 1.54. The van der Waals surface area contributed by atoms with E-state index in [4.69, 9.17) is 20.0 Å². The molecule has 0 aliphatic rings. The van der Waals surface area contributed by atoms with Crippen molar-refractivity contribution >= 4 is 43.8 Å². The van der Waals surface area contributed by atoms with Gasteiger partial charge in [0.15, 0.2) is 0 Å². The molecular formula is C33H22FN4O4S+. The van der Waals surface area contributed by atoms with Crippen molar-refractivity contribution in [2.24, 2.45) is 0 Å². The van der Waals surface area contributed by atoms with Crippen molar-refractivity contribution in [3.05, 3.63) is 113 Å². The molecular weight excluding hydrogens is 567 g/mol. The maximum atomic E-state index is 14.4. The van der Waals surface area contributed by atoms with Crippen LogP contribution in [0.25, 0.3) is 49.1 Å². The minimum Gasteiger partial charge on any atom is -0.497 e. The lowest BCUT2D eigenvalue weighted by molar-refractivity contribution is -0.672. The van der Waals surface area contributed by atoms with Gasteiger partial charge >= 0.3 is 11.6 Å². The van der Waals surface area contributed by atoms with Crippen LogP contribution in [0.2, 0.25) is 0 Å². The maximum absolute atomic E-state index is 14.4. The Bertz CT molecular complexity index is 2190. The molecule has 3 heterocycles. The SMILES string of the molecule is COc1ccc(-[n+]2noc(O)c2C(=O)c2sc3nc(-c4cccc5ccccc45)cc(-c4cccc(F)c4)c3c2N)cc1. The summed E-state index contributed by atoms with van der Waals surface area (Å²) in [5.74, 6) is -1.06. The third-order valence-electron chi connectivity index (χ3n) is 7.26. The van der Waals surface area contributed by atoms with Crippen LogP contribution in [0, 0.1) is 5.82 Å². The summed E-state index contributed by atoms with van der Waals surface area (Å²) in [4.78, 5) is 19.6. The highest BCUT2D eigenvalue weighted by atomic mass is 32.1. The van der Waals surface area contributed by atoms with E-state index in [1.54, 1.807) is 43.5 Å². The van der Waals surface area contributed by atoms with Crippen molar-refractivity contribution in [3.8, 4) is 39.8 Å². The minimum atomic E-state index is -0.660. The van der Waals surface area contributed by atoms with Gasteiger partial charge in [0.05, 0.1) is 18.5 Å². The number of pyridine rings is 1. The number of ketones is 1. The first kappa shape index (κ1) is 26.3. The van der Waals surface area contributed by atoms with Crippen LogP contribution in [-0.4, -0.2) is 28.3 Å². The number of hydrogen-bond acceptors (Lipinski definition) is 8. The lowest BCUT2D eigenvalue weighted by Gasteiger charge is -2.11. The number of halogens is 1. The third kappa shape index (κ3) is 4.45. The molecule has 0 aliphatic carbocycles. The molecule has 4 aromatic carbocycles. The highest BCUT2D eigenvalue weighted by Gasteiger charge is 2.37. The quantitative estimate of drug-likeness (QED) is 0.164. The molecule has 210 valence electrons. The Kier molecular flexibility index (Phi) is 6.32. The topological polar surface area (TPSA) is 115 Å². The molecule has 0 saturated carbocycles. The smallest absolute Gasteiger partial charge is 0.393 e. The van der Waals surface area contributed by atoms with Gasteiger partial charge in [-0.2, -0.15) is 0 Å². The fourth-order valence-electron chi connectivity index (χ4n) is 5.21. The van der Waals surface area contributed by atoms with Crippen molar-refractivity contribution in [2.75, 3.05) is 12.8 Å². The number of hydrogen-bond donors (Lipinski definition) is 2. The number of ether oxygens (including phenoxy) is 1. The van der Waals surface area contributed by atoms with Crippen LogP contribution in [0.15, 0.2) is 102 Å². The average Bonchev–Trinajstić information content (AvgIpc) is 3.59. The van der Waals surface area contributed by atoms with E-state index < -0.39 is 17.5 Å².